The molecule has 72 valence electrons. The van der Waals surface area contributed by atoms with E-state index >= 15 is 0 Å². The van der Waals surface area contributed by atoms with Crippen LogP contribution in [0.4, 0.5) is 5.69 Å². The molecule has 0 fully saturated rings. The smallest absolute Gasteiger partial charge is 0.115 e. The summed E-state index contributed by atoms with van der Waals surface area (Å²) < 4.78 is 0. The molecule has 0 saturated heterocycles. The Morgan fingerprint density at radius 1 is 1.38 bits per heavy atom. The fourth-order valence-electron chi connectivity index (χ4n) is 1.11. The summed E-state index contributed by atoms with van der Waals surface area (Å²) in [6.07, 6.45) is 6.32. The number of hydrogen-bond donors (Lipinski definition) is 1. The summed E-state index contributed by atoms with van der Waals surface area (Å²) in [6.45, 7) is 2.06. The molecule has 1 N–H and O–H groups in total. The molecule has 0 unspecified atom stereocenters. The highest BCUT2D eigenvalue weighted by Gasteiger charge is 1.98. The molecule has 1 aromatic heterocycles. The minimum absolute atomic E-state index is 1.02. The van der Waals surface area contributed by atoms with Crippen LogP contribution in [0.1, 0.15) is 6.42 Å². The molecule has 0 radical (unpaired) electrons. The fraction of sp³-hybridized carbons (Fsp3) is 0.556. The Morgan fingerprint density at radius 3 is 2.69 bits per heavy atom. The predicted molar refractivity (Wildman–Crippen MR) is 53.8 cm³/mol. The Kier molecular flexibility index (Phi) is 4.18. The van der Waals surface area contributed by atoms with E-state index in [1.54, 1.807) is 6.33 Å². The minimum atomic E-state index is 1.02. The topological polar surface area (TPSA) is 41.0 Å². The van der Waals surface area contributed by atoms with Gasteiger partial charge in [-0.1, -0.05) is 0 Å². The summed E-state index contributed by atoms with van der Waals surface area (Å²) in [7, 11) is 4.01. The van der Waals surface area contributed by atoms with Crippen LogP contribution in [0.5, 0.6) is 0 Å². The first-order valence-corrected chi connectivity index (χ1v) is 4.45. The number of hydrogen-bond acceptors (Lipinski definition) is 4. The van der Waals surface area contributed by atoms with Crippen molar-refractivity contribution >= 4 is 5.69 Å². The molecule has 1 rings (SSSR count). The lowest BCUT2D eigenvalue weighted by Crippen LogP contribution is -2.22. The van der Waals surface area contributed by atoms with Crippen LogP contribution < -0.4 is 10.2 Å². The number of anilines is 1. The molecule has 0 amide bonds. The van der Waals surface area contributed by atoms with Crippen molar-refractivity contribution < 1.29 is 0 Å². The molecule has 1 heterocycles. The van der Waals surface area contributed by atoms with E-state index in [1.165, 1.54) is 0 Å². The Hall–Kier alpha value is -1.16. The van der Waals surface area contributed by atoms with Crippen LogP contribution in [-0.4, -0.2) is 37.2 Å². The second-order valence-electron chi connectivity index (χ2n) is 2.98. The van der Waals surface area contributed by atoms with E-state index in [4.69, 9.17) is 0 Å². The van der Waals surface area contributed by atoms with Crippen molar-refractivity contribution in [2.45, 2.75) is 6.42 Å². The molecule has 0 aliphatic rings. The molecule has 1 aromatic rings. The van der Waals surface area contributed by atoms with Crippen LogP contribution in [0.25, 0.3) is 0 Å². The largest absolute Gasteiger partial charge is 0.372 e. The van der Waals surface area contributed by atoms with Gasteiger partial charge in [-0.05, 0) is 20.0 Å². The zero-order valence-corrected chi connectivity index (χ0v) is 8.20. The van der Waals surface area contributed by atoms with Crippen LogP contribution in [0.15, 0.2) is 18.7 Å². The van der Waals surface area contributed by atoms with E-state index in [2.05, 4.69) is 20.2 Å². The molecular formula is C9H16N4. The Labute approximate surface area is 79.0 Å². The van der Waals surface area contributed by atoms with Gasteiger partial charge in [0.25, 0.3) is 0 Å². The third-order valence-electron chi connectivity index (χ3n) is 1.91. The normalized spacial score (nSPS) is 10.0. The number of aromatic nitrogens is 2. The predicted octanol–water partition coefficient (Wildman–Crippen LogP) is 0.522. The zero-order valence-electron chi connectivity index (χ0n) is 8.20. The minimum Gasteiger partial charge on any atom is -0.372 e. The number of rotatable bonds is 5. The van der Waals surface area contributed by atoms with Gasteiger partial charge in [0.2, 0.25) is 0 Å². The molecule has 0 bridgehead atoms. The van der Waals surface area contributed by atoms with E-state index in [9.17, 15) is 0 Å². The molecule has 0 aliphatic carbocycles. The fourth-order valence-corrected chi connectivity index (χ4v) is 1.11. The van der Waals surface area contributed by atoms with E-state index in [0.717, 1.165) is 25.2 Å². The second kappa shape index (κ2) is 5.48. The van der Waals surface area contributed by atoms with E-state index in [1.807, 2.05) is 26.5 Å². The van der Waals surface area contributed by atoms with Gasteiger partial charge >= 0.3 is 0 Å². The lowest BCUT2D eigenvalue weighted by molar-refractivity contribution is 0.711. The van der Waals surface area contributed by atoms with Crippen LogP contribution in [0, 0.1) is 0 Å². The van der Waals surface area contributed by atoms with Crippen molar-refractivity contribution in [2.24, 2.45) is 0 Å². The van der Waals surface area contributed by atoms with Gasteiger partial charge < -0.3 is 10.2 Å². The van der Waals surface area contributed by atoms with Crippen molar-refractivity contribution in [3.8, 4) is 0 Å². The summed E-state index contributed by atoms with van der Waals surface area (Å²) in [4.78, 5) is 10.1. The Morgan fingerprint density at radius 2 is 2.08 bits per heavy atom. The standard InChI is InChI=1S/C9H16N4/c1-10-4-3-5-13(2)9-6-11-8-12-7-9/h6-8,10H,3-5H2,1-2H3. The molecule has 0 saturated carbocycles. The van der Waals surface area contributed by atoms with E-state index in [-0.39, 0.29) is 0 Å². The highest BCUT2D eigenvalue weighted by molar-refractivity contribution is 5.39. The zero-order chi connectivity index (χ0) is 9.52. The first-order valence-electron chi connectivity index (χ1n) is 4.45. The average molecular weight is 180 g/mol. The third-order valence-corrected chi connectivity index (χ3v) is 1.91. The van der Waals surface area contributed by atoms with Gasteiger partial charge in [0.1, 0.15) is 6.33 Å². The lowest BCUT2D eigenvalue weighted by atomic mass is 10.3. The van der Waals surface area contributed by atoms with Crippen LogP contribution in [-0.2, 0) is 0 Å². The van der Waals surface area contributed by atoms with Crippen molar-refractivity contribution in [2.75, 3.05) is 32.1 Å². The van der Waals surface area contributed by atoms with Crippen LogP contribution in [0.2, 0.25) is 0 Å². The Bertz CT molecular complexity index is 224. The highest BCUT2D eigenvalue weighted by atomic mass is 15.1. The van der Waals surface area contributed by atoms with Crippen molar-refractivity contribution in [3.05, 3.63) is 18.7 Å². The molecule has 0 aliphatic heterocycles. The van der Waals surface area contributed by atoms with E-state index in [0.29, 0.717) is 0 Å². The Balaban J connectivity index is 2.35. The molecule has 13 heavy (non-hydrogen) atoms. The van der Waals surface area contributed by atoms with Crippen molar-refractivity contribution in [1.29, 1.82) is 0 Å². The average Bonchev–Trinajstić information content (AvgIpc) is 2.19. The van der Waals surface area contributed by atoms with Crippen molar-refractivity contribution in [3.63, 3.8) is 0 Å². The van der Waals surface area contributed by atoms with Gasteiger partial charge in [0.15, 0.2) is 0 Å². The molecule has 0 spiro atoms. The summed E-state index contributed by atoms with van der Waals surface area (Å²) in [5.41, 5.74) is 1.07. The molecule has 4 heteroatoms. The molecular weight excluding hydrogens is 164 g/mol. The maximum atomic E-state index is 3.97. The first kappa shape index (κ1) is 9.92. The van der Waals surface area contributed by atoms with Gasteiger partial charge in [-0.25, -0.2) is 9.97 Å². The SMILES string of the molecule is CNCCCN(C)c1cncnc1. The summed E-state index contributed by atoms with van der Waals surface area (Å²) in [5, 5.41) is 3.12. The van der Waals surface area contributed by atoms with E-state index < -0.39 is 0 Å². The lowest BCUT2D eigenvalue weighted by Gasteiger charge is -2.17. The van der Waals surface area contributed by atoms with Gasteiger partial charge in [-0.15, -0.1) is 0 Å². The third kappa shape index (κ3) is 3.38. The summed E-state index contributed by atoms with van der Waals surface area (Å²) in [5.74, 6) is 0. The van der Waals surface area contributed by atoms with Gasteiger partial charge in [0, 0.05) is 13.6 Å². The summed E-state index contributed by atoms with van der Waals surface area (Å²) in [6, 6.07) is 0. The van der Waals surface area contributed by atoms with Crippen molar-refractivity contribution in [1.82, 2.24) is 15.3 Å². The quantitative estimate of drug-likeness (QED) is 0.671. The number of nitrogens with one attached hydrogen (secondary N) is 1. The molecule has 0 atom stereocenters. The van der Waals surface area contributed by atoms with Crippen LogP contribution in [0.3, 0.4) is 0 Å². The second-order valence-corrected chi connectivity index (χ2v) is 2.98. The number of nitrogens with zero attached hydrogens (tertiary/aromatic N) is 3. The maximum absolute atomic E-state index is 3.97. The molecule has 4 nitrogen and oxygen atoms in total. The van der Waals surface area contributed by atoms with Gasteiger partial charge in [-0.3, -0.25) is 0 Å². The van der Waals surface area contributed by atoms with Gasteiger partial charge in [0.05, 0.1) is 18.1 Å². The van der Waals surface area contributed by atoms with Crippen LogP contribution >= 0.6 is 0 Å². The molecule has 0 aromatic carbocycles. The van der Waals surface area contributed by atoms with Gasteiger partial charge in [-0.2, -0.15) is 0 Å². The summed E-state index contributed by atoms with van der Waals surface area (Å²) >= 11 is 0. The monoisotopic (exact) mass is 180 g/mol. The first-order chi connectivity index (χ1) is 6.34. The highest BCUT2D eigenvalue weighted by Crippen LogP contribution is 2.06. The maximum Gasteiger partial charge on any atom is 0.115 e.